The molecule has 4 aromatic heterocycles. The lowest BCUT2D eigenvalue weighted by molar-refractivity contribution is 0.261. The first-order valence-electron chi connectivity index (χ1n) is 16.0. The molecule has 0 saturated carbocycles. The molecule has 0 bridgehead atoms. The van der Waals surface area contributed by atoms with E-state index in [1.54, 1.807) is 0 Å². The topological polar surface area (TPSA) is 53.1 Å². The van der Waals surface area contributed by atoms with Crippen LogP contribution < -0.4 is 0 Å². The molecule has 0 radical (unpaired) electrons. The molecule has 0 fully saturated rings. The molecule has 6 nitrogen and oxygen atoms in total. The maximum atomic E-state index is 6.67. The van der Waals surface area contributed by atoms with Crippen molar-refractivity contribution in [1.82, 2.24) is 18.8 Å². The Morgan fingerprint density at radius 3 is 1.56 bits per heavy atom. The van der Waals surface area contributed by atoms with Crippen LogP contribution in [0.15, 0.2) is 55.0 Å². The summed E-state index contributed by atoms with van der Waals surface area (Å²) in [6.45, 7) is 29.1. The number of imidazole rings is 2. The van der Waals surface area contributed by atoms with E-state index in [9.17, 15) is 0 Å². The zero-order valence-corrected chi connectivity index (χ0v) is 32.7. The Morgan fingerprint density at radius 1 is 0.628 bits per heavy atom. The molecule has 4 heterocycles. The van der Waals surface area contributed by atoms with E-state index < -0.39 is 16.6 Å². The molecule has 0 amide bonds. The molecule has 0 aliphatic heterocycles. The van der Waals surface area contributed by atoms with Gasteiger partial charge >= 0.3 is 0 Å². The minimum absolute atomic E-state index is 0.599. The highest BCUT2D eigenvalue weighted by atomic mass is 127. The first-order valence-corrected chi connectivity index (χ1v) is 21.4. The van der Waals surface area contributed by atoms with E-state index in [2.05, 4.69) is 132 Å². The van der Waals surface area contributed by atoms with Gasteiger partial charge in [-0.3, -0.25) is 4.40 Å². The van der Waals surface area contributed by atoms with Gasteiger partial charge in [-0.1, -0.05) is 95.2 Å². The minimum Gasteiger partial charge on any atom is -0.410 e. The molecule has 0 aromatic carbocycles. The number of halogens is 1. The van der Waals surface area contributed by atoms with Crippen molar-refractivity contribution in [3.8, 4) is 0 Å². The molecule has 4 aromatic rings. The fourth-order valence-corrected chi connectivity index (χ4v) is 19.0. The van der Waals surface area contributed by atoms with E-state index in [-0.39, 0.29) is 0 Å². The average Bonchev–Trinajstić information content (AvgIpc) is 3.49. The first kappa shape index (κ1) is 35.9. The molecule has 0 saturated heterocycles. The summed E-state index contributed by atoms with van der Waals surface area (Å²) in [6.07, 6.45) is 6.17. The van der Waals surface area contributed by atoms with Crippen LogP contribution in [0, 0.1) is 3.70 Å². The predicted octanol–water partition coefficient (Wildman–Crippen LogP) is 10.7. The third-order valence-corrected chi connectivity index (χ3v) is 22.6. The van der Waals surface area contributed by atoms with E-state index in [4.69, 9.17) is 13.8 Å². The molecule has 0 unspecified atom stereocenters. The molecule has 0 atom stereocenters. The number of hydrogen-bond donors (Lipinski definition) is 0. The number of rotatable bonds is 12. The van der Waals surface area contributed by atoms with Crippen LogP contribution in [-0.4, -0.2) is 35.4 Å². The van der Waals surface area contributed by atoms with E-state index in [0.717, 1.165) is 26.4 Å². The van der Waals surface area contributed by atoms with Crippen LogP contribution >= 0.6 is 22.6 Å². The Bertz CT molecular complexity index is 1370. The number of fused-ring (bicyclic) bond motifs is 2. The van der Waals surface area contributed by atoms with Crippen molar-refractivity contribution < 1.29 is 8.85 Å². The number of nitrogens with zero attached hydrogens (tertiary/aromatic N) is 4. The van der Waals surface area contributed by atoms with Crippen molar-refractivity contribution in [2.24, 2.45) is 0 Å². The third kappa shape index (κ3) is 7.65. The van der Waals surface area contributed by atoms with E-state index in [0.29, 0.717) is 46.5 Å². The maximum absolute atomic E-state index is 6.67. The molecular formula is C34H55IN4O2Si2. The summed E-state index contributed by atoms with van der Waals surface area (Å²) >= 11 is 2.37. The average molecular weight is 735 g/mol. The Kier molecular flexibility index (Phi) is 12.7. The first-order chi connectivity index (χ1) is 20.2. The van der Waals surface area contributed by atoms with Crippen molar-refractivity contribution in [2.75, 3.05) is 0 Å². The highest BCUT2D eigenvalue weighted by Gasteiger charge is 2.46. The zero-order chi connectivity index (χ0) is 32.1. The van der Waals surface area contributed by atoms with Crippen LogP contribution in [0.25, 0.3) is 11.3 Å². The van der Waals surface area contributed by atoms with Gasteiger partial charge in [0.05, 0.1) is 24.6 Å². The Labute approximate surface area is 276 Å². The third-order valence-electron chi connectivity index (χ3n) is 9.29. The van der Waals surface area contributed by atoms with Crippen LogP contribution in [0.3, 0.4) is 0 Å². The lowest BCUT2D eigenvalue weighted by Crippen LogP contribution is -2.47. The van der Waals surface area contributed by atoms with Gasteiger partial charge in [-0.2, -0.15) is 0 Å². The number of aromatic nitrogens is 4. The summed E-state index contributed by atoms with van der Waals surface area (Å²) in [5.41, 5.74) is 7.69. The minimum atomic E-state index is -1.83. The molecule has 0 aliphatic rings. The largest absolute Gasteiger partial charge is 0.410 e. The number of hydrogen-bond acceptors (Lipinski definition) is 4. The summed E-state index contributed by atoms with van der Waals surface area (Å²) in [5.74, 6) is 0. The normalized spacial score (nSPS) is 13.0. The van der Waals surface area contributed by atoms with Gasteiger partial charge in [0.2, 0.25) is 16.6 Å². The maximum Gasteiger partial charge on any atom is 0.200 e. The van der Waals surface area contributed by atoms with Gasteiger partial charge in [-0.25, -0.2) is 9.97 Å². The quantitative estimate of drug-likeness (QED) is 0.107. The van der Waals surface area contributed by atoms with Crippen LogP contribution in [-0.2, 0) is 22.1 Å². The Morgan fingerprint density at radius 2 is 1.09 bits per heavy atom. The molecule has 9 heteroatoms. The van der Waals surface area contributed by atoms with Crippen LogP contribution in [0.4, 0.5) is 0 Å². The van der Waals surface area contributed by atoms with E-state index in [1.807, 2.05) is 42.6 Å². The lowest BCUT2D eigenvalue weighted by Gasteiger charge is -2.42. The molecule has 238 valence electrons. The Balaban J connectivity index is 0.000000236. The molecule has 4 rings (SSSR count). The summed E-state index contributed by atoms with van der Waals surface area (Å²) in [5, 5.41) is 0. The Hall–Kier alpha value is -1.54. The second kappa shape index (κ2) is 15.2. The van der Waals surface area contributed by atoms with Gasteiger partial charge in [0, 0.05) is 18.6 Å². The van der Waals surface area contributed by atoms with Crippen molar-refractivity contribution in [1.29, 1.82) is 0 Å². The summed E-state index contributed by atoms with van der Waals surface area (Å²) < 4.78 is 18.6. The SMILES string of the molecule is CC(C)[Si](OCc1cn2ccccc2n1)(C(C)C)C(C)C.CC(C)[Si](OCc1nc2ccccn2c1I)(C(C)C)C(C)C. The van der Waals surface area contributed by atoms with Crippen molar-refractivity contribution in [3.63, 3.8) is 0 Å². The smallest absolute Gasteiger partial charge is 0.200 e. The summed E-state index contributed by atoms with van der Waals surface area (Å²) in [6, 6.07) is 12.2. The zero-order valence-electron chi connectivity index (χ0n) is 28.6. The van der Waals surface area contributed by atoms with Crippen LogP contribution in [0.1, 0.15) is 94.5 Å². The number of pyridine rings is 2. The van der Waals surface area contributed by atoms with Crippen LogP contribution in [0.5, 0.6) is 0 Å². The fourth-order valence-electron chi connectivity index (χ4n) is 7.56. The molecule has 0 aliphatic carbocycles. The van der Waals surface area contributed by atoms with Gasteiger partial charge in [0.1, 0.15) is 15.0 Å². The summed E-state index contributed by atoms with van der Waals surface area (Å²) in [4.78, 5) is 9.40. The van der Waals surface area contributed by atoms with Crippen molar-refractivity contribution >= 4 is 50.5 Å². The van der Waals surface area contributed by atoms with E-state index >= 15 is 0 Å². The van der Waals surface area contributed by atoms with Crippen molar-refractivity contribution in [2.45, 2.75) is 130 Å². The highest BCUT2D eigenvalue weighted by molar-refractivity contribution is 14.1. The van der Waals surface area contributed by atoms with Gasteiger partial charge in [0.25, 0.3) is 0 Å². The van der Waals surface area contributed by atoms with Gasteiger partial charge in [-0.05, 0) is 80.1 Å². The molecule has 0 N–H and O–H groups in total. The fraction of sp³-hybridized carbons (Fsp3) is 0.588. The van der Waals surface area contributed by atoms with Gasteiger partial charge in [-0.15, -0.1) is 0 Å². The lowest BCUT2D eigenvalue weighted by atomic mass is 10.5. The molecule has 43 heavy (non-hydrogen) atoms. The summed E-state index contributed by atoms with van der Waals surface area (Å²) in [7, 11) is -3.64. The monoisotopic (exact) mass is 734 g/mol. The molecular weight excluding hydrogens is 679 g/mol. The van der Waals surface area contributed by atoms with Gasteiger partial charge < -0.3 is 13.3 Å². The van der Waals surface area contributed by atoms with Crippen molar-refractivity contribution in [3.05, 3.63) is 70.1 Å². The van der Waals surface area contributed by atoms with Gasteiger partial charge in [0.15, 0.2) is 0 Å². The van der Waals surface area contributed by atoms with E-state index in [1.165, 1.54) is 0 Å². The van der Waals surface area contributed by atoms with Crippen LogP contribution in [0.2, 0.25) is 33.2 Å². The standard InChI is InChI=1S/C17H27IN2OSi.C17H28N2OSi/c1-12(2)22(13(3)4,14(5)6)21-11-15-17(18)20-10-8-7-9-16(20)19-15;1-13(2)21(14(3)4,15(5)6)20-12-16-11-19-10-8-7-9-17(19)18-16/h7-10,12-14H,11H2,1-6H3;7-11,13-15H,12H2,1-6H3. The highest BCUT2D eigenvalue weighted by Crippen LogP contribution is 2.44. The second-order valence-electron chi connectivity index (χ2n) is 13.7. The predicted molar refractivity (Wildman–Crippen MR) is 195 cm³/mol. The second-order valence-corrected chi connectivity index (χ2v) is 25.6. The molecule has 0 spiro atoms.